The molecule has 1 aromatic carbocycles. The zero-order chi connectivity index (χ0) is 15.2. The second kappa shape index (κ2) is 7.13. The van der Waals surface area contributed by atoms with Crippen molar-refractivity contribution in [2.45, 2.75) is 20.3 Å². The van der Waals surface area contributed by atoms with Gasteiger partial charge in [0.15, 0.2) is 5.82 Å². The molecule has 0 bridgehead atoms. The van der Waals surface area contributed by atoms with Crippen LogP contribution in [0.5, 0.6) is 5.75 Å². The second-order valence-corrected chi connectivity index (χ2v) is 5.05. The number of benzene rings is 1. The van der Waals surface area contributed by atoms with Crippen molar-refractivity contribution in [3.63, 3.8) is 0 Å². The minimum atomic E-state index is 0.459. The van der Waals surface area contributed by atoms with Gasteiger partial charge in [0.05, 0.1) is 19.0 Å². The lowest BCUT2D eigenvalue weighted by Gasteiger charge is -2.13. The van der Waals surface area contributed by atoms with Gasteiger partial charge in [0, 0.05) is 6.54 Å². The molecule has 0 saturated carbocycles. The van der Waals surface area contributed by atoms with Crippen molar-refractivity contribution in [1.82, 2.24) is 9.97 Å². The van der Waals surface area contributed by atoms with Gasteiger partial charge in [-0.1, -0.05) is 24.6 Å². The third kappa shape index (κ3) is 3.98. The molecule has 0 saturated heterocycles. The molecule has 0 unspecified atom stereocenters. The lowest BCUT2D eigenvalue weighted by atomic mass is 10.2. The molecule has 2 N–H and O–H groups in total. The van der Waals surface area contributed by atoms with Gasteiger partial charge in [0.1, 0.15) is 10.8 Å². The molecule has 0 radical (unpaired) electrons. The van der Waals surface area contributed by atoms with Crippen LogP contribution in [0.25, 0.3) is 0 Å². The third-order valence-electron chi connectivity index (χ3n) is 2.89. The molecule has 112 valence electrons. The fraction of sp³-hybridized carbons (Fsp3) is 0.333. The van der Waals surface area contributed by atoms with Crippen molar-refractivity contribution in [2.24, 2.45) is 0 Å². The van der Waals surface area contributed by atoms with E-state index in [-0.39, 0.29) is 0 Å². The molecule has 5 nitrogen and oxygen atoms in total. The lowest BCUT2D eigenvalue weighted by Crippen LogP contribution is -2.06. The van der Waals surface area contributed by atoms with Crippen molar-refractivity contribution < 1.29 is 4.74 Å². The highest BCUT2D eigenvalue weighted by Gasteiger charge is 2.09. The van der Waals surface area contributed by atoms with Gasteiger partial charge in [-0.3, -0.25) is 0 Å². The van der Waals surface area contributed by atoms with E-state index >= 15 is 0 Å². The summed E-state index contributed by atoms with van der Waals surface area (Å²) in [6, 6.07) is 5.87. The zero-order valence-electron chi connectivity index (χ0n) is 12.4. The maximum atomic E-state index is 6.16. The number of aryl methyl sites for hydroxylation is 1. The predicted octanol–water partition coefficient (Wildman–Crippen LogP) is 4.01. The Balaban J connectivity index is 2.28. The van der Waals surface area contributed by atoms with Crippen LogP contribution < -0.4 is 15.4 Å². The number of hydrogen-bond donors (Lipinski definition) is 2. The monoisotopic (exact) mass is 306 g/mol. The van der Waals surface area contributed by atoms with Crippen molar-refractivity contribution in [3.05, 3.63) is 35.0 Å². The van der Waals surface area contributed by atoms with Crippen LogP contribution in [0.4, 0.5) is 17.5 Å². The number of nitrogens with zero attached hydrogens (tertiary/aromatic N) is 2. The summed E-state index contributed by atoms with van der Waals surface area (Å²) in [5.41, 5.74) is 1.94. The first-order chi connectivity index (χ1) is 10.1. The molecule has 0 atom stereocenters. The summed E-state index contributed by atoms with van der Waals surface area (Å²) in [6.45, 7) is 4.91. The molecule has 0 aliphatic heterocycles. The van der Waals surface area contributed by atoms with Crippen LogP contribution in [0.3, 0.4) is 0 Å². The van der Waals surface area contributed by atoms with E-state index < -0.39 is 0 Å². The van der Waals surface area contributed by atoms with E-state index in [1.807, 2.05) is 25.1 Å². The Morgan fingerprint density at radius 2 is 2.14 bits per heavy atom. The smallest absolute Gasteiger partial charge is 0.224 e. The molecule has 0 spiro atoms. The normalized spacial score (nSPS) is 10.3. The first-order valence-corrected chi connectivity index (χ1v) is 7.20. The zero-order valence-corrected chi connectivity index (χ0v) is 13.2. The number of halogens is 1. The Morgan fingerprint density at radius 3 is 2.86 bits per heavy atom. The molecule has 2 aromatic rings. The second-order valence-electron chi connectivity index (χ2n) is 4.65. The van der Waals surface area contributed by atoms with Gasteiger partial charge in [-0.2, -0.15) is 4.98 Å². The fourth-order valence-electron chi connectivity index (χ4n) is 1.82. The van der Waals surface area contributed by atoms with Crippen LogP contribution in [0, 0.1) is 6.92 Å². The lowest BCUT2D eigenvalue weighted by molar-refractivity contribution is 0.416. The molecule has 0 aliphatic rings. The van der Waals surface area contributed by atoms with Crippen LogP contribution in [-0.4, -0.2) is 23.6 Å². The van der Waals surface area contributed by atoms with E-state index in [1.165, 1.54) is 0 Å². The molecule has 21 heavy (non-hydrogen) atoms. The standard InChI is InChI=1S/C15H19ClN4O/c1-4-7-17-15-18-9-11(16)14(20-15)19-12-8-10(2)5-6-13(12)21-3/h5-6,8-9H,4,7H2,1-3H3,(H2,17,18,19,20). The van der Waals surface area contributed by atoms with Crippen molar-refractivity contribution >= 4 is 29.1 Å². The van der Waals surface area contributed by atoms with Gasteiger partial charge < -0.3 is 15.4 Å². The number of hydrogen-bond acceptors (Lipinski definition) is 5. The van der Waals surface area contributed by atoms with Gasteiger partial charge in [-0.15, -0.1) is 0 Å². The molecule has 0 aliphatic carbocycles. The number of rotatable bonds is 6. The van der Waals surface area contributed by atoms with Gasteiger partial charge in [0.2, 0.25) is 5.95 Å². The van der Waals surface area contributed by atoms with E-state index in [0.29, 0.717) is 16.8 Å². The summed E-state index contributed by atoms with van der Waals surface area (Å²) < 4.78 is 5.34. The quantitative estimate of drug-likeness (QED) is 0.844. The van der Waals surface area contributed by atoms with E-state index in [0.717, 1.165) is 30.0 Å². The number of ether oxygens (including phenoxy) is 1. The SMILES string of the molecule is CCCNc1ncc(Cl)c(Nc2cc(C)ccc2OC)n1. The van der Waals surface area contributed by atoms with Crippen LogP contribution in [0.15, 0.2) is 24.4 Å². The molecular formula is C15H19ClN4O. The summed E-state index contributed by atoms with van der Waals surface area (Å²) >= 11 is 6.16. The van der Waals surface area contributed by atoms with Gasteiger partial charge in [-0.05, 0) is 31.0 Å². The summed E-state index contributed by atoms with van der Waals surface area (Å²) in [5, 5.41) is 6.80. The molecule has 0 amide bonds. The van der Waals surface area contributed by atoms with Crippen LogP contribution in [0.2, 0.25) is 5.02 Å². The highest BCUT2D eigenvalue weighted by atomic mass is 35.5. The molecule has 2 rings (SSSR count). The Morgan fingerprint density at radius 1 is 1.33 bits per heavy atom. The summed E-state index contributed by atoms with van der Waals surface area (Å²) in [6.07, 6.45) is 2.58. The summed E-state index contributed by atoms with van der Waals surface area (Å²) in [7, 11) is 1.63. The van der Waals surface area contributed by atoms with Gasteiger partial charge >= 0.3 is 0 Å². The van der Waals surface area contributed by atoms with E-state index in [2.05, 4.69) is 27.5 Å². The fourth-order valence-corrected chi connectivity index (χ4v) is 1.96. The van der Waals surface area contributed by atoms with Crippen molar-refractivity contribution in [2.75, 3.05) is 24.3 Å². The number of methoxy groups -OCH3 is 1. The molecular weight excluding hydrogens is 288 g/mol. The highest BCUT2D eigenvalue weighted by Crippen LogP contribution is 2.30. The first-order valence-electron chi connectivity index (χ1n) is 6.82. The molecule has 1 aromatic heterocycles. The average Bonchev–Trinajstić information content (AvgIpc) is 2.48. The minimum Gasteiger partial charge on any atom is -0.495 e. The van der Waals surface area contributed by atoms with E-state index in [4.69, 9.17) is 16.3 Å². The summed E-state index contributed by atoms with van der Waals surface area (Å²) in [5.74, 6) is 1.84. The maximum absolute atomic E-state index is 6.16. The average molecular weight is 307 g/mol. The predicted molar refractivity (Wildman–Crippen MR) is 86.8 cm³/mol. The largest absolute Gasteiger partial charge is 0.495 e. The van der Waals surface area contributed by atoms with Crippen molar-refractivity contribution in [1.29, 1.82) is 0 Å². The summed E-state index contributed by atoms with van der Waals surface area (Å²) in [4.78, 5) is 8.54. The molecule has 6 heteroatoms. The number of aromatic nitrogens is 2. The Kier molecular flexibility index (Phi) is 5.22. The van der Waals surface area contributed by atoms with E-state index in [1.54, 1.807) is 13.3 Å². The van der Waals surface area contributed by atoms with Crippen LogP contribution in [-0.2, 0) is 0 Å². The number of anilines is 3. The Hall–Kier alpha value is -2.01. The van der Waals surface area contributed by atoms with E-state index in [9.17, 15) is 0 Å². The minimum absolute atomic E-state index is 0.459. The topological polar surface area (TPSA) is 59.1 Å². The molecule has 0 fully saturated rings. The van der Waals surface area contributed by atoms with Crippen LogP contribution in [0.1, 0.15) is 18.9 Å². The number of nitrogens with one attached hydrogen (secondary N) is 2. The Labute approximate surface area is 129 Å². The van der Waals surface area contributed by atoms with Gasteiger partial charge in [-0.25, -0.2) is 4.98 Å². The highest BCUT2D eigenvalue weighted by molar-refractivity contribution is 6.32. The first kappa shape index (κ1) is 15.4. The third-order valence-corrected chi connectivity index (χ3v) is 3.16. The van der Waals surface area contributed by atoms with Crippen LogP contribution >= 0.6 is 11.6 Å². The van der Waals surface area contributed by atoms with Crippen molar-refractivity contribution in [3.8, 4) is 5.75 Å². The Bertz CT molecular complexity index is 619. The molecule has 1 heterocycles. The maximum Gasteiger partial charge on any atom is 0.224 e. The van der Waals surface area contributed by atoms with Gasteiger partial charge in [0.25, 0.3) is 0 Å².